The van der Waals surface area contributed by atoms with E-state index in [0.29, 0.717) is 0 Å². The topological polar surface area (TPSA) is 140 Å². The van der Waals surface area contributed by atoms with Crippen molar-refractivity contribution in [2.75, 3.05) is 0 Å². The number of ether oxygens (including phenoxy) is 3. The molecular weight excluding hydrogens is 252 g/mol. The Labute approximate surface area is 99.9 Å². The van der Waals surface area contributed by atoms with Crippen molar-refractivity contribution >= 4 is 17.9 Å². The molecule has 0 aromatic rings. The molecule has 2 aliphatic rings. The smallest absolute Gasteiger partial charge is 0.406 e. The third-order valence-electron chi connectivity index (χ3n) is 2.70. The maximum absolute atomic E-state index is 11.6. The lowest BCUT2D eigenvalue weighted by Crippen LogP contribution is -2.61. The van der Waals surface area contributed by atoms with Crippen LogP contribution in [-0.2, 0) is 28.6 Å². The summed E-state index contributed by atoms with van der Waals surface area (Å²) in [6, 6.07) is 0. The number of fused-ring (bicyclic) bond motifs is 3. The first-order valence-electron chi connectivity index (χ1n) is 4.92. The molecule has 0 aliphatic carbocycles. The SMILES string of the molecule is CC12OC(=O)CC(O)(CC(=O)OC1(O)O)C(=O)O2. The fourth-order valence-corrected chi connectivity index (χ4v) is 1.65. The normalized spacial score (nSPS) is 39.0. The van der Waals surface area contributed by atoms with E-state index in [-0.39, 0.29) is 0 Å². The Morgan fingerprint density at radius 1 is 0.944 bits per heavy atom. The van der Waals surface area contributed by atoms with Gasteiger partial charge in [0.25, 0.3) is 0 Å². The van der Waals surface area contributed by atoms with Crippen LogP contribution in [-0.4, -0.2) is 50.6 Å². The van der Waals surface area contributed by atoms with Crippen molar-refractivity contribution in [2.24, 2.45) is 0 Å². The molecular formula is C9H10O9. The Balaban J connectivity index is 2.56. The summed E-state index contributed by atoms with van der Waals surface area (Å²) in [4.78, 5) is 34.3. The van der Waals surface area contributed by atoms with Crippen molar-refractivity contribution in [1.82, 2.24) is 0 Å². The molecule has 2 heterocycles. The minimum absolute atomic E-state index is 0.813. The van der Waals surface area contributed by atoms with Gasteiger partial charge in [-0.2, -0.15) is 0 Å². The van der Waals surface area contributed by atoms with E-state index < -0.39 is 48.1 Å². The van der Waals surface area contributed by atoms with E-state index >= 15 is 0 Å². The number of esters is 3. The van der Waals surface area contributed by atoms with E-state index in [2.05, 4.69) is 14.2 Å². The van der Waals surface area contributed by atoms with E-state index in [0.717, 1.165) is 6.92 Å². The van der Waals surface area contributed by atoms with Crippen molar-refractivity contribution in [3.63, 3.8) is 0 Å². The summed E-state index contributed by atoms with van der Waals surface area (Å²) in [5.74, 6) is -9.80. The van der Waals surface area contributed by atoms with Gasteiger partial charge in [-0.15, -0.1) is 0 Å². The van der Waals surface area contributed by atoms with Crippen LogP contribution in [0.2, 0.25) is 0 Å². The molecule has 2 aliphatic heterocycles. The molecule has 0 saturated carbocycles. The Bertz CT molecular complexity index is 439. The number of cyclic esters (lactones) is 1. The number of carbonyl (C=O) groups is 3. The van der Waals surface area contributed by atoms with Gasteiger partial charge in [-0.1, -0.05) is 0 Å². The molecule has 2 saturated heterocycles. The van der Waals surface area contributed by atoms with Crippen molar-refractivity contribution in [1.29, 1.82) is 0 Å². The molecule has 0 aromatic heterocycles. The number of aliphatic hydroxyl groups is 3. The largest absolute Gasteiger partial charge is 0.413 e. The Hall–Kier alpha value is -1.71. The summed E-state index contributed by atoms with van der Waals surface area (Å²) in [7, 11) is 0. The maximum Gasteiger partial charge on any atom is 0.406 e. The molecule has 100 valence electrons. The van der Waals surface area contributed by atoms with Gasteiger partial charge in [0.05, 0.1) is 12.8 Å². The third kappa shape index (κ3) is 1.72. The standard InChI is InChI=1S/C9H10O9/c1-7-9(14,15)17-5(11)3-8(13,6(12)18-7)2-4(10)16-7/h13-15H,2-3H2,1H3. The Kier molecular flexibility index (Phi) is 2.41. The highest BCUT2D eigenvalue weighted by molar-refractivity contribution is 5.92. The highest BCUT2D eigenvalue weighted by Gasteiger charge is 2.64. The first kappa shape index (κ1) is 12.7. The minimum atomic E-state index is -3.35. The fraction of sp³-hybridized carbons (Fsp3) is 0.667. The Morgan fingerprint density at radius 2 is 1.44 bits per heavy atom. The summed E-state index contributed by atoms with van der Waals surface area (Å²) in [6.45, 7) is 0.813. The second-order valence-electron chi connectivity index (χ2n) is 4.28. The zero-order chi connectivity index (χ0) is 13.8. The maximum atomic E-state index is 11.6. The summed E-state index contributed by atoms with van der Waals surface area (Å²) in [5, 5.41) is 28.9. The van der Waals surface area contributed by atoms with Crippen LogP contribution < -0.4 is 0 Å². The van der Waals surface area contributed by atoms with Gasteiger partial charge >= 0.3 is 29.7 Å². The van der Waals surface area contributed by atoms with Gasteiger partial charge in [-0.05, 0) is 0 Å². The van der Waals surface area contributed by atoms with Crippen LogP contribution in [0.25, 0.3) is 0 Å². The minimum Gasteiger partial charge on any atom is -0.413 e. The Morgan fingerprint density at radius 3 is 2.00 bits per heavy atom. The van der Waals surface area contributed by atoms with Crippen molar-refractivity contribution in [3.05, 3.63) is 0 Å². The van der Waals surface area contributed by atoms with E-state index in [9.17, 15) is 29.7 Å². The number of hydrogen-bond donors (Lipinski definition) is 3. The van der Waals surface area contributed by atoms with Gasteiger partial charge in [0, 0.05) is 6.92 Å². The molecule has 2 rings (SSSR count). The van der Waals surface area contributed by atoms with Crippen LogP contribution in [0, 0.1) is 0 Å². The van der Waals surface area contributed by atoms with Gasteiger partial charge in [0.15, 0.2) is 5.60 Å². The summed E-state index contributed by atoms with van der Waals surface area (Å²) in [5.41, 5.74) is -2.44. The van der Waals surface area contributed by atoms with Crippen LogP contribution in [0.15, 0.2) is 0 Å². The molecule has 0 amide bonds. The molecule has 9 heteroatoms. The third-order valence-corrected chi connectivity index (χ3v) is 2.70. The second-order valence-corrected chi connectivity index (χ2v) is 4.28. The van der Waals surface area contributed by atoms with Crippen LogP contribution in [0.5, 0.6) is 0 Å². The van der Waals surface area contributed by atoms with Crippen LogP contribution in [0.4, 0.5) is 0 Å². The summed E-state index contributed by atoms with van der Waals surface area (Å²) >= 11 is 0. The lowest BCUT2D eigenvalue weighted by atomic mass is 9.95. The lowest BCUT2D eigenvalue weighted by molar-refractivity contribution is -0.439. The number of rotatable bonds is 0. The molecule has 2 atom stereocenters. The van der Waals surface area contributed by atoms with Crippen molar-refractivity contribution < 1.29 is 43.9 Å². The zero-order valence-corrected chi connectivity index (χ0v) is 9.21. The first-order chi connectivity index (χ1) is 8.08. The highest BCUT2D eigenvalue weighted by Crippen LogP contribution is 2.37. The van der Waals surface area contributed by atoms with Crippen molar-refractivity contribution in [2.45, 2.75) is 37.1 Å². The predicted molar refractivity (Wildman–Crippen MR) is 48.0 cm³/mol. The number of hydrogen-bond acceptors (Lipinski definition) is 9. The fourth-order valence-electron chi connectivity index (χ4n) is 1.65. The van der Waals surface area contributed by atoms with Gasteiger partial charge in [0.1, 0.15) is 0 Å². The molecule has 0 radical (unpaired) electrons. The average molecular weight is 262 g/mol. The van der Waals surface area contributed by atoms with Crippen LogP contribution in [0.1, 0.15) is 19.8 Å². The van der Waals surface area contributed by atoms with Gasteiger partial charge in [0.2, 0.25) is 0 Å². The van der Waals surface area contributed by atoms with Crippen LogP contribution >= 0.6 is 0 Å². The molecule has 18 heavy (non-hydrogen) atoms. The quantitative estimate of drug-likeness (QED) is 0.319. The predicted octanol–water partition coefficient (Wildman–Crippen LogP) is -2.49. The zero-order valence-electron chi connectivity index (χ0n) is 9.21. The van der Waals surface area contributed by atoms with E-state index in [4.69, 9.17) is 0 Å². The molecule has 2 unspecified atom stereocenters. The molecule has 9 nitrogen and oxygen atoms in total. The molecule has 3 N–H and O–H groups in total. The average Bonchev–Trinajstić information content (AvgIpc) is 2.18. The van der Waals surface area contributed by atoms with Gasteiger partial charge in [-0.25, -0.2) is 4.79 Å². The molecule has 0 spiro atoms. The lowest BCUT2D eigenvalue weighted by Gasteiger charge is -2.38. The molecule has 0 aromatic carbocycles. The van der Waals surface area contributed by atoms with E-state index in [1.165, 1.54) is 0 Å². The summed E-state index contributed by atoms with van der Waals surface area (Å²) in [6.07, 6.45) is -1.81. The first-order valence-corrected chi connectivity index (χ1v) is 4.92. The monoisotopic (exact) mass is 262 g/mol. The number of carbonyl (C=O) groups excluding carboxylic acids is 3. The van der Waals surface area contributed by atoms with Crippen molar-refractivity contribution in [3.8, 4) is 0 Å². The highest BCUT2D eigenvalue weighted by atomic mass is 16.9. The second kappa shape index (κ2) is 3.40. The molecule has 2 bridgehead atoms. The van der Waals surface area contributed by atoms with Crippen LogP contribution in [0.3, 0.4) is 0 Å². The van der Waals surface area contributed by atoms with E-state index in [1.807, 2.05) is 0 Å². The summed E-state index contributed by atoms with van der Waals surface area (Å²) < 4.78 is 13.3. The molecule has 2 fully saturated rings. The van der Waals surface area contributed by atoms with E-state index in [1.54, 1.807) is 0 Å². The van der Waals surface area contributed by atoms with Gasteiger partial charge in [-0.3, -0.25) is 9.59 Å². The van der Waals surface area contributed by atoms with Gasteiger partial charge < -0.3 is 29.5 Å².